The van der Waals surface area contributed by atoms with Crippen LogP contribution in [0, 0.1) is 11.3 Å². The zero-order valence-electron chi connectivity index (χ0n) is 9.29. The molecule has 0 heterocycles. The van der Waals surface area contributed by atoms with Crippen LogP contribution in [0.25, 0.3) is 0 Å². The first-order valence-corrected chi connectivity index (χ1v) is 5.20. The summed E-state index contributed by atoms with van der Waals surface area (Å²) in [4.78, 5) is 0. The number of ether oxygens (including phenoxy) is 1. The van der Waals surface area contributed by atoms with E-state index in [0.717, 1.165) is 12.2 Å². The average molecular weight is 206 g/mol. The lowest BCUT2D eigenvalue weighted by Crippen LogP contribution is -2.12. The molecule has 0 bridgehead atoms. The van der Waals surface area contributed by atoms with Crippen LogP contribution in [0.1, 0.15) is 25.8 Å². The molecule has 0 aromatic heterocycles. The second-order valence-electron chi connectivity index (χ2n) is 3.77. The first-order chi connectivity index (χ1) is 7.13. The number of amidine groups is 1. The quantitative estimate of drug-likeness (QED) is 0.574. The van der Waals surface area contributed by atoms with E-state index in [-0.39, 0.29) is 5.84 Å². The number of nitrogens with two attached hydrogens (primary N) is 1. The lowest BCUT2D eigenvalue weighted by Gasteiger charge is -2.11. The van der Waals surface area contributed by atoms with E-state index in [1.54, 1.807) is 12.1 Å². The maximum absolute atomic E-state index is 7.31. The second kappa shape index (κ2) is 5.39. The second-order valence-corrected chi connectivity index (χ2v) is 3.77. The molecule has 0 saturated heterocycles. The molecule has 0 fully saturated rings. The van der Waals surface area contributed by atoms with E-state index in [1.807, 2.05) is 12.1 Å². The van der Waals surface area contributed by atoms with Crippen LogP contribution in [0.4, 0.5) is 0 Å². The summed E-state index contributed by atoms with van der Waals surface area (Å²) < 4.78 is 5.60. The third-order valence-electron chi connectivity index (χ3n) is 2.38. The highest BCUT2D eigenvalue weighted by atomic mass is 16.5. The maximum atomic E-state index is 7.31. The van der Waals surface area contributed by atoms with E-state index in [0.29, 0.717) is 18.1 Å². The minimum absolute atomic E-state index is 0.0731. The zero-order valence-corrected chi connectivity index (χ0v) is 9.29. The molecule has 1 rings (SSSR count). The van der Waals surface area contributed by atoms with E-state index in [2.05, 4.69) is 13.8 Å². The molecular weight excluding hydrogens is 188 g/mol. The third-order valence-corrected chi connectivity index (χ3v) is 2.38. The summed E-state index contributed by atoms with van der Waals surface area (Å²) >= 11 is 0. The summed E-state index contributed by atoms with van der Waals surface area (Å²) in [7, 11) is 0. The molecule has 0 spiro atoms. The normalized spacial score (nSPS) is 12.1. The highest BCUT2D eigenvalue weighted by molar-refractivity contribution is 5.95. The van der Waals surface area contributed by atoms with Crippen LogP contribution >= 0.6 is 0 Å². The van der Waals surface area contributed by atoms with Gasteiger partial charge in [0.2, 0.25) is 0 Å². The largest absolute Gasteiger partial charge is 0.493 e. The van der Waals surface area contributed by atoms with Gasteiger partial charge in [-0.15, -0.1) is 0 Å². The molecule has 1 unspecified atom stereocenters. The minimum atomic E-state index is 0.0731. The Kier molecular flexibility index (Phi) is 4.16. The van der Waals surface area contributed by atoms with Crippen molar-refractivity contribution in [3.05, 3.63) is 29.8 Å². The van der Waals surface area contributed by atoms with Crippen molar-refractivity contribution in [1.29, 1.82) is 5.41 Å². The van der Waals surface area contributed by atoms with E-state index in [4.69, 9.17) is 15.9 Å². The van der Waals surface area contributed by atoms with Crippen LogP contribution in [-0.2, 0) is 0 Å². The first kappa shape index (κ1) is 11.6. The highest BCUT2D eigenvalue weighted by Gasteiger charge is 2.02. The van der Waals surface area contributed by atoms with Crippen molar-refractivity contribution in [1.82, 2.24) is 0 Å². The van der Waals surface area contributed by atoms with Gasteiger partial charge in [0.15, 0.2) is 0 Å². The summed E-state index contributed by atoms with van der Waals surface area (Å²) in [6.07, 6.45) is 1.10. The van der Waals surface area contributed by atoms with Gasteiger partial charge in [-0.05, 0) is 18.1 Å². The summed E-state index contributed by atoms with van der Waals surface area (Å²) in [6, 6.07) is 7.33. The molecule has 1 aromatic carbocycles. The fourth-order valence-corrected chi connectivity index (χ4v) is 1.11. The van der Waals surface area contributed by atoms with Gasteiger partial charge in [-0.2, -0.15) is 0 Å². The topological polar surface area (TPSA) is 59.1 Å². The molecule has 0 aliphatic rings. The fraction of sp³-hybridized carbons (Fsp3) is 0.417. The molecule has 0 amide bonds. The predicted molar refractivity (Wildman–Crippen MR) is 62.4 cm³/mol. The van der Waals surface area contributed by atoms with E-state index in [1.165, 1.54) is 0 Å². The van der Waals surface area contributed by atoms with Gasteiger partial charge in [0.25, 0.3) is 0 Å². The maximum Gasteiger partial charge on any atom is 0.122 e. The van der Waals surface area contributed by atoms with Crippen molar-refractivity contribution in [2.45, 2.75) is 20.3 Å². The smallest absolute Gasteiger partial charge is 0.122 e. The SMILES string of the molecule is CCC(C)COc1cccc(C(=N)N)c1. The van der Waals surface area contributed by atoms with E-state index in [9.17, 15) is 0 Å². The number of nitrogen functional groups attached to an aromatic ring is 1. The van der Waals surface area contributed by atoms with E-state index >= 15 is 0 Å². The Hall–Kier alpha value is -1.51. The minimum Gasteiger partial charge on any atom is -0.493 e. The Morgan fingerprint density at radius 3 is 2.87 bits per heavy atom. The zero-order chi connectivity index (χ0) is 11.3. The summed E-state index contributed by atoms with van der Waals surface area (Å²) in [5.74, 6) is 1.40. The number of hydrogen-bond donors (Lipinski definition) is 2. The molecule has 15 heavy (non-hydrogen) atoms. The summed E-state index contributed by atoms with van der Waals surface area (Å²) in [6.45, 7) is 4.99. The molecule has 0 saturated carbocycles. The molecule has 82 valence electrons. The van der Waals surface area contributed by atoms with Crippen LogP contribution in [0.2, 0.25) is 0 Å². The van der Waals surface area contributed by atoms with Gasteiger partial charge in [0.05, 0.1) is 6.61 Å². The highest BCUT2D eigenvalue weighted by Crippen LogP contribution is 2.14. The predicted octanol–water partition coefficient (Wildman–Crippen LogP) is 2.40. The standard InChI is InChI=1S/C12H18N2O/c1-3-9(2)8-15-11-6-4-5-10(7-11)12(13)14/h4-7,9H,3,8H2,1-2H3,(H3,13,14). The van der Waals surface area contributed by atoms with E-state index < -0.39 is 0 Å². The molecule has 3 nitrogen and oxygen atoms in total. The van der Waals surface area contributed by atoms with Crippen LogP contribution in [0.15, 0.2) is 24.3 Å². The third kappa shape index (κ3) is 3.62. The van der Waals surface area contributed by atoms with Gasteiger partial charge in [-0.1, -0.05) is 32.4 Å². The van der Waals surface area contributed by atoms with Crippen molar-refractivity contribution >= 4 is 5.84 Å². The molecule has 0 aliphatic carbocycles. The monoisotopic (exact) mass is 206 g/mol. The number of benzene rings is 1. The van der Waals surface area contributed by atoms with Crippen molar-refractivity contribution in [3.63, 3.8) is 0 Å². The Bertz CT molecular complexity index is 336. The number of nitrogens with one attached hydrogen (secondary N) is 1. The summed E-state index contributed by atoms with van der Waals surface area (Å²) in [5.41, 5.74) is 6.10. The first-order valence-electron chi connectivity index (χ1n) is 5.20. The van der Waals surface area contributed by atoms with Gasteiger partial charge in [0, 0.05) is 5.56 Å². The van der Waals surface area contributed by atoms with Crippen molar-refractivity contribution in [2.24, 2.45) is 11.7 Å². The Morgan fingerprint density at radius 2 is 2.27 bits per heavy atom. The average Bonchev–Trinajstić information content (AvgIpc) is 2.26. The van der Waals surface area contributed by atoms with Gasteiger partial charge in [-0.3, -0.25) is 5.41 Å². The Labute approximate surface area is 90.8 Å². The van der Waals surface area contributed by atoms with Crippen molar-refractivity contribution < 1.29 is 4.74 Å². The van der Waals surface area contributed by atoms with Crippen LogP contribution in [0.5, 0.6) is 5.75 Å². The molecule has 0 radical (unpaired) electrons. The van der Waals surface area contributed by atoms with Crippen molar-refractivity contribution in [3.8, 4) is 5.75 Å². The molecule has 0 aliphatic heterocycles. The Balaban J connectivity index is 2.62. The lowest BCUT2D eigenvalue weighted by molar-refractivity contribution is 0.256. The van der Waals surface area contributed by atoms with Crippen LogP contribution < -0.4 is 10.5 Å². The number of hydrogen-bond acceptors (Lipinski definition) is 2. The van der Waals surface area contributed by atoms with Gasteiger partial charge >= 0.3 is 0 Å². The fourth-order valence-electron chi connectivity index (χ4n) is 1.11. The van der Waals surface area contributed by atoms with Gasteiger partial charge in [0.1, 0.15) is 11.6 Å². The number of rotatable bonds is 5. The lowest BCUT2D eigenvalue weighted by atomic mass is 10.1. The van der Waals surface area contributed by atoms with Gasteiger partial charge < -0.3 is 10.5 Å². The molecule has 3 heteroatoms. The molecule has 1 atom stereocenters. The van der Waals surface area contributed by atoms with Gasteiger partial charge in [-0.25, -0.2) is 0 Å². The molecular formula is C12H18N2O. The van der Waals surface area contributed by atoms with Crippen molar-refractivity contribution in [2.75, 3.05) is 6.61 Å². The molecule has 3 N–H and O–H groups in total. The molecule has 1 aromatic rings. The Morgan fingerprint density at radius 1 is 1.53 bits per heavy atom. The van der Waals surface area contributed by atoms with Crippen LogP contribution in [0.3, 0.4) is 0 Å². The summed E-state index contributed by atoms with van der Waals surface area (Å²) in [5, 5.41) is 7.31. The van der Waals surface area contributed by atoms with Crippen LogP contribution in [-0.4, -0.2) is 12.4 Å².